The fourth-order valence-electron chi connectivity index (χ4n) is 5.35. The molecule has 0 spiro atoms. The number of ketones is 1. The molecule has 9 heteroatoms. The summed E-state index contributed by atoms with van der Waals surface area (Å²) >= 11 is 1.38. The van der Waals surface area contributed by atoms with E-state index in [1.807, 2.05) is 88.4 Å². The number of rotatable bonds is 9. The fourth-order valence-corrected chi connectivity index (χ4v) is 6.36. The van der Waals surface area contributed by atoms with Gasteiger partial charge in [-0.05, 0) is 30.9 Å². The SMILES string of the molecule is CC(=O)NC(c1ccccc1)[C@@H](C(=O)C1=NCC(C)(C)S1)N1C(=O)[C@H](C(C)C)N(C(=O)C(C)C)C=C1c1ccccc1. The molecular weight excluding hydrogens is 548 g/mol. The molecule has 0 aliphatic carbocycles. The lowest BCUT2D eigenvalue weighted by Crippen LogP contribution is -2.61. The van der Waals surface area contributed by atoms with Gasteiger partial charge in [0.05, 0.1) is 18.3 Å². The van der Waals surface area contributed by atoms with Gasteiger partial charge in [0.25, 0.3) is 5.91 Å². The van der Waals surface area contributed by atoms with Gasteiger partial charge in [-0.15, -0.1) is 0 Å². The minimum absolute atomic E-state index is 0.183. The Morgan fingerprint density at radius 3 is 2.07 bits per heavy atom. The van der Waals surface area contributed by atoms with Crippen LogP contribution in [0.3, 0.4) is 0 Å². The van der Waals surface area contributed by atoms with Gasteiger partial charge in [-0.2, -0.15) is 0 Å². The van der Waals surface area contributed by atoms with Crippen LogP contribution in [-0.2, 0) is 19.2 Å². The highest BCUT2D eigenvalue weighted by Gasteiger charge is 2.49. The first-order valence-corrected chi connectivity index (χ1v) is 15.2. The second-order valence-corrected chi connectivity index (χ2v) is 13.8. The van der Waals surface area contributed by atoms with Crippen molar-refractivity contribution in [3.05, 3.63) is 78.0 Å². The fraction of sp³-hybridized carbons (Fsp3) is 0.424. The minimum Gasteiger partial charge on any atom is -0.347 e. The van der Waals surface area contributed by atoms with Gasteiger partial charge in [-0.3, -0.25) is 29.1 Å². The average Bonchev–Trinajstić information content (AvgIpc) is 3.32. The van der Waals surface area contributed by atoms with E-state index < -0.39 is 18.1 Å². The molecule has 222 valence electrons. The minimum atomic E-state index is -1.16. The highest BCUT2D eigenvalue weighted by atomic mass is 32.2. The predicted molar refractivity (Wildman–Crippen MR) is 167 cm³/mol. The molecule has 0 aromatic heterocycles. The highest BCUT2D eigenvalue weighted by molar-refractivity contribution is 8.17. The quantitative estimate of drug-likeness (QED) is 0.441. The number of aliphatic imine (C=N–C) groups is 1. The van der Waals surface area contributed by atoms with Crippen LogP contribution in [0.25, 0.3) is 5.70 Å². The zero-order valence-electron chi connectivity index (χ0n) is 25.3. The van der Waals surface area contributed by atoms with Crippen LogP contribution in [0.1, 0.15) is 65.6 Å². The van der Waals surface area contributed by atoms with Gasteiger partial charge in [-0.1, -0.05) is 100 Å². The number of hydrogen-bond donors (Lipinski definition) is 1. The third kappa shape index (κ3) is 6.51. The maximum atomic E-state index is 14.8. The number of carbonyl (C=O) groups excluding carboxylic acids is 4. The number of carbonyl (C=O) groups is 4. The van der Waals surface area contributed by atoms with E-state index >= 15 is 0 Å². The third-order valence-corrected chi connectivity index (χ3v) is 8.53. The molecule has 0 fully saturated rings. The van der Waals surface area contributed by atoms with Crippen molar-refractivity contribution < 1.29 is 19.2 Å². The van der Waals surface area contributed by atoms with Crippen LogP contribution in [0.5, 0.6) is 0 Å². The molecule has 1 unspecified atom stereocenters. The van der Waals surface area contributed by atoms with Gasteiger partial charge in [-0.25, -0.2) is 0 Å². The number of thioether (sulfide) groups is 1. The topological polar surface area (TPSA) is 99.2 Å². The van der Waals surface area contributed by atoms with Gasteiger partial charge in [0.1, 0.15) is 17.1 Å². The lowest BCUT2D eigenvalue weighted by Gasteiger charge is -2.46. The van der Waals surface area contributed by atoms with E-state index in [-0.39, 0.29) is 40.1 Å². The van der Waals surface area contributed by atoms with Crippen molar-refractivity contribution >= 4 is 46.0 Å². The average molecular weight is 589 g/mol. The molecule has 2 heterocycles. The van der Waals surface area contributed by atoms with E-state index in [1.165, 1.54) is 28.5 Å². The molecule has 42 heavy (non-hydrogen) atoms. The van der Waals surface area contributed by atoms with Crippen molar-refractivity contribution in [2.75, 3.05) is 6.54 Å². The summed E-state index contributed by atoms with van der Waals surface area (Å²) < 4.78 is -0.281. The lowest BCUT2D eigenvalue weighted by molar-refractivity contribution is -0.149. The Bertz CT molecular complexity index is 1400. The number of hydrogen-bond acceptors (Lipinski definition) is 6. The van der Waals surface area contributed by atoms with Crippen LogP contribution in [-0.4, -0.2) is 61.7 Å². The molecule has 2 aliphatic heterocycles. The van der Waals surface area contributed by atoms with Crippen molar-refractivity contribution in [3.8, 4) is 0 Å². The van der Waals surface area contributed by atoms with Crippen molar-refractivity contribution in [2.24, 2.45) is 16.8 Å². The molecule has 0 bridgehead atoms. The van der Waals surface area contributed by atoms with E-state index in [0.717, 1.165) is 0 Å². The van der Waals surface area contributed by atoms with Gasteiger partial charge in [0.2, 0.25) is 17.6 Å². The van der Waals surface area contributed by atoms with Gasteiger partial charge in [0.15, 0.2) is 0 Å². The number of nitrogens with zero attached hydrogens (tertiary/aromatic N) is 3. The van der Waals surface area contributed by atoms with Crippen LogP contribution < -0.4 is 5.32 Å². The third-order valence-electron chi connectivity index (χ3n) is 7.33. The van der Waals surface area contributed by atoms with E-state index in [9.17, 15) is 19.2 Å². The molecule has 2 aliphatic rings. The number of nitrogens with one attached hydrogen (secondary N) is 1. The molecule has 3 amide bonds. The highest BCUT2D eigenvalue weighted by Crippen LogP contribution is 2.39. The lowest BCUT2D eigenvalue weighted by atomic mass is 9.89. The molecule has 2 aromatic carbocycles. The summed E-state index contributed by atoms with van der Waals surface area (Å²) in [6, 6.07) is 15.6. The maximum absolute atomic E-state index is 14.8. The van der Waals surface area contributed by atoms with E-state index in [4.69, 9.17) is 0 Å². The maximum Gasteiger partial charge on any atom is 0.251 e. The van der Waals surface area contributed by atoms with Crippen molar-refractivity contribution in [1.82, 2.24) is 15.1 Å². The summed E-state index contributed by atoms with van der Waals surface area (Å²) in [5, 5.41) is 3.30. The van der Waals surface area contributed by atoms with E-state index in [0.29, 0.717) is 28.4 Å². The van der Waals surface area contributed by atoms with Crippen LogP contribution >= 0.6 is 11.8 Å². The Morgan fingerprint density at radius 1 is 0.976 bits per heavy atom. The number of amides is 3. The Morgan fingerprint density at radius 2 is 1.57 bits per heavy atom. The van der Waals surface area contributed by atoms with Crippen molar-refractivity contribution in [3.63, 3.8) is 0 Å². The summed E-state index contributed by atoms with van der Waals surface area (Å²) in [7, 11) is 0. The van der Waals surface area contributed by atoms with Crippen LogP contribution in [0, 0.1) is 11.8 Å². The largest absolute Gasteiger partial charge is 0.347 e. The first-order chi connectivity index (χ1) is 19.8. The number of Topliss-reactive ketones (excluding diaryl/α,β-unsaturated/α-hetero) is 1. The van der Waals surface area contributed by atoms with Crippen LogP contribution in [0.2, 0.25) is 0 Å². The van der Waals surface area contributed by atoms with Crippen molar-refractivity contribution in [2.45, 2.75) is 71.3 Å². The summed E-state index contributed by atoms with van der Waals surface area (Å²) in [5.74, 6) is -1.85. The van der Waals surface area contributed by atoms with E-state index in [1.54, 1.807) is 20.0 Å². The number of benzene rings is 2. The van der Waals surface area contributed by atoms with Gasteiger partial charge >= 0.3 is 0 Å². The molecule has 8 nitrogen and oxygen atoms in total. The molecule has 1 N–H and O–H groups in total. The Labute approximate surface area is 252 Å². The zero-order chi connectivity index (χ0) is 30.8. The smallest absolute Gasteiger partial charge is 0.251 e. The van der Waals surface area contributed by atoms with Gasteiger partial charge in [0, 0.05) is 23.8 Å². The summed E-state index contributed by atoms with van der Waals surface area (Å²) in [5.41, 5.74) is 1.76. The second kappa shape index (κ2) is 12.7. The Hall–Kier alpha value is -3.72. The van der Waals surface area contributed by atoms with Crippen molar-refractivity contribution in [1.29, 1.82) is 0 Å². The normalized spacial score (nSPS) is 19.8. The molecule has 4 rings (SSSR count). The van der Waals surface area contributed by atoms with Crippen LogP contribution in [0.15, 0.2) is 71.9 Å². The second-order valence-electron chi connectivity index (χ2n) is 12.1. The van der Waals surface area contributed by atoms with Crippen LogP contribution in [0.4, 0.5) is 0 Å². The molecular formula is C33H40N4O4S. The molecule has 0 radical (unpaired) electrons. The molecule has 3 atom stereocenters. The monoisotopic (exact) mass is 588 g/mol. The summed E-state index contributed by atoms with van der Waals surface area (Å²) in [4.78, 5) is 63.2. The first kappa shape index (κ1) is 31.2. The van der Waals surface area contributed by atoms with Gasteiger partial charge < -0.3 is 10.2 Å². The molecule has 0 saturated heterocycles. The first-order valence-electron chi connectivity index (χ1n) is 14.3. The standard InChI is InChI=1S/C33H40N4O4S/c1-20(2)27-32(41)37(25(23-14-10-8-11-15-23)18-36(27)31(40)21(3)4)28(29(39)30-34-19-33(6,7)42-30)26(35-22(5)38)24-16-12-9-13-17-24/h8-18,20-21,26-28H,19H2,1-7H3,(H,35,38)/t26?,27-,28-/m0/s1. The Balaban J connectivity index is 2.00. The van der Waals surface area contributed by atoms with E-state index in [2.05, 4.69) is 10.3 Å². The summed E-state index contributed by atoms with van der Waals surface area (Å²) in [6.07, 6.45) is 1.70. The summed E-state index contributed by atoms with van der Waals surface area (Å²) in [6.45, 7) is 13.3. The molecule has 0 saturated carbocycles. The predicted octanol–water partition coefficient (Wildman–Crippen LogP) is 5.08. The zero-order valence-corrected chi connectivity index (χ0v) is 26.1. The Kier molecular flexibility index (Phi) is 9.40. The molecule has 2 aromatic rings.